The molecule has 0 spiro atoms. The number of alkyl halides is 1. The zero-order chi connectivity index (χ0) is 23.7. The number of amides is 1. The Morgan fingerprint density at radius 2 is 1.91 bits per heavy atom. The molecule has 1 amide bonds. The lowest BCUT2D eigenvalue weighted by Gasteiger charge is -2.41. The van der Waals surface area contributed by atoms with Gasteiger partial charge in [-0.3, -0.25) is 4.79 Å². The van der Waals surface area contributed by atoms with Crippen LogP contribution >= 0.6 is 11.6 Å². The molecule has 0 bridgehead atoms. The van der Waals surface area contributed by atoms with Crippen molar-refractivity contribution in [2.75, 3.05) is 32.8 Å². The molecule has 3 aliphatic rings. The molecule has 4 rings (SSSR count). The third-order valence-corrected chi connectivity index (χ3v) is 8.28. The van der Waals surface area contributed by atoms with E-state index < -0.39 is 16.9 Å². The summed E-state index contributed by atoms with van der Waals surface area (Å²) in [4.78, 5) is 15.7. The van der Waals surface area contributed by atoms with Gasteiger partial charge in [0.2, 0.25) is 5.91 Å². The van der Waals surface area contributed by atoms with Gasteiger partial charge < -0.3 is 15.0 Å². The van der Waals surface area contributed by atoms with E-state index in [1.807, 2.05) is 0 Å². The van der Waals surface area contributed by atoms with Gasteiger partial charge in [-0.2, -0.15) is 0 Å². The summed E-state index contributed by atoms with van der Waals surface area (Å²) in [6.45, 7) is 7.38. The molecule has 1 aromatic rings. The molecule has 2 aliphatic heterocycles. The molecule has 1 aromatic carbocycles. The highest BCUT2D eigenvalue weighted by Crippen LogP contribution is 2.45. The lowest BCUT2D eigenvalue weighted by atomic mass is 9.77. The maximum absolute atomic E-state index is 15.6. The molecule has 2 saturated heterocycles. The van der Waals surface area contributed by atoms with Crippen molar-refractivity contribution in [3.05, 3.63) is 34.6 Å². The monoisotopic (exact) mass is 482 g/mol. The maximum atomic E-state index is 15.6. The van der Waals surface area contributed by atoms with Gasteiger partial charge in [0, 0.05) is 36.8 Å². The van der Waals surface area contributed by atoms with Gasteiger partial charge in [-0.25, -0.2) is 8.78 Å². The number of nitrogens with one attached hydrogen (secondary N) is 1. The lowest BCUT2D eigenvalue weighted by molar-refractivity contribution is -0.127. The molecule has 1 aliphatic carbocycles. The highest BCUT2D eigenvalue weighted by Gasteiger charge is 2.47. The molecule has 33 heavy (non-hydrogen) atoms. The summed E-state index contributed by atoms with van der Waals surface area (Å²) in [5, 5.41) is 3.13. The van der Waals surface area contributed by atoms with Gasteiger partial charge in [-0.05, 0) is 70.4 Å². The fourth-order valence-electron chi connectivity index (χ4n) is 6.12. The van der Waals surface area contributed by atoms with Crippen LogP contribution in [0.1, 0.15) is 70.8 Å². The summed E-state index contributed by atoms with van der Waals surface area (Å²) >= 11 is 6.33. The number of hydrogen-bond acceptors (Lipinski definition) is 3. The second kappa shape index (κ2) is 9.79. The number of piperidine rings is 1. The number of rotatable bonds is 6. The SMILES string of the molecule is CC1(C)CC(CN2CCC(F)(CNC(=O)C3(c4c(F)cccc4Cl)CCCC3)CC2)CCO1. The first-order valence-electron chi connectivity index (χ1n) is 12.4. The van der Waals surface area contributed by atoms with Crippen molar-refractivity contribution >= 4 is 17.5 Å². The average Bonchev–Trinajstić information content (AvgIpc) is 3.24. The smallest absolute Gasteiger partial charge is 0.230 e. The number of nitrogens with zero attached hydrogens (tertiary/aromatic N) is 1. The minimum absolute atomic E-state index is 0.0300. The van der Waals surface area contributed by atoms with E-state index in [0.717, 1.165) is 38.8 Å². The average molecular weight is 483 g/mol. The van der Waals surface area contributed by atoms with Gasteiger partial charge in [0.05, 0.1) is 17.6 Å². The van der Waals surface area contributed by atoms with E-state index in [2.05, 4.69) is 24.1 Å². The van der Waals surface area contributed by atoms with Crippen LogP contribution in [0.2, 0.25) is 5.02 Å². The Morgan fingerprint density at radius 1 is 1.21 bits per heavy atom. The minimum atomic E-state index is -1.43. The van der Waals surface area contributed by atoms with Gasteiger partial charge in [-0.1, -0.05) is 30.5 Å². The topological polar surface area (TPSA) is 41.6 Å². The predicted molar refractivity (Wildman–Crippen MR) is 127 cm³/mol. The molecule has 2 heterocycles. The lowest BCUT2D eigenvalue weighted by Crippen LogP contribution is -2.52. The molecular formula is C26H37ClF2N2O2. The zero-order valence-electron chi connectivity index (χ0n) is 19.9. The van der Waals surface area contributed by atoms with E-state index in [9.17, 15) is 9.18 Å². The Bertz CT molecular complexity index is 828. The van der Waals surface area contributed by atoms with Crippen LogP contribution in [0.4, 0.5) is 8.78 Å². The van der Waals surface area contributed by atoms with Gasteiger partial charge in [0.15, 0.2) is 0 Å². The van der Waals surface area contributed by atoms with Crippen LogP contribution in [0.5, 0.6) is 0 Å². The number of benzene rings is 1. The van der Waals surface area contributed by atoms with E-state index in [0.29, 0.717) is 44.7 Å². The third-order valence-electron chi connectivity index (χ3n) is 7.97. The summed E-state index contributed by atoms with van der Waals surface area (Å²) in [6.07, 6.45) is 5.61. The summed E-state index contributed by atoms with van der Waals surface area (Å²) < 4.78 is 36.1. The van der Waals surface area contributed by atoms with Crippen molar-refractivity contribution in [1.82, 2.24) is 10.2 Å². The second-order valence-corrected chi connectivity index (χ2v) is 11.4. The first kappa shape index (κ1) is 24.9. The zero-order valence-corrected chi connectivity index (χ0v) is 20.7. The van der Waals surface area contributed by atoms with E-state index in [1.165, 1.54) is 6.07 Å². The number of carbonyl (C=O) groups excluding carboxylic acids is 1. The van der Waals surface area contributed by atoms with Crippen LogP contribution < -0.4 is 5.32 Å². The summed E-state index contributed by atoms with van der Waals surface area (Å²) in [5.41, 5.74) is -2.25. The Morgan fingerprint density at radius 3 is 2.55 bits per heavy atom. The van der Waals surface area contributed by atoms with E-state index in [4.69, 9.17) is 16.3 Å². The molecule has 1 atom stereocenters. The van der Waals surface area contributed by atoms with Crippen LogP contribution in [0.3, 0.4) is 0 Å². The number of hydrogen-bond donors (Lipinski definition) is 1. The van der Waals surface area contributed by atoms with Gasteiger partial charge in [0.25, 0.3) is 0 Å². The van der Waals surface area contributed by atoms with E-state index >= 15 is 4.39 Å². The third kappa shape index (κ3) is 5.54. The quantitative estimate of drug-likeness (QED) is 0.589. The highest BCUT2D eigenvalue weighted by atomic mass is 35.5. The summed E-state index contributed by atoms with van der Waals surface area (Å²) in [6, 6.07) is 4.52. The molecule has 184 valence electrons. The van der Waals surface area contributed by atoms with Gasteiger partial charge >= 0.3 is 0 Å². The Kier molecular flexibility index (Phi) is 7.38. The van der Waals surface area contributed by atoms with Gasteiger partial charge in [0.1, 0.15) is 11.5 Å². The van der Waals surface area contributed by atoms with E-state index in [1.54, 1.807) is 12.1 Å². The van der Waals surface area contributed by atoms with Gasteiger partial charge in [-0.15, -0.1) is 0 Å². The van der Waals surface area contributed by atoms with Crippen molar-refractivity contribution in [2.45, 2.75) is 81.9 Å². The van der Waals surface area contributed by atoms with Crippen LogP contribution in [-0.4, -0.2) is 54.9 Å². The molecule has 0 radical (unpaired) electrons. The molecular weight excluding hydrogens is 446 g/mol. The summed E-state index contributed by atoms with van der Waals surface area (Å²) in [7, 11) is 0. The number of halogens is 3. The second-order valence-electron chi connectivity index (χ2n) is 11.0. The number of ether oxygens (including phenoxy) is 1. The van der Waals surface area contributed by atoms with Crippen LogP contribution in [0.15, 0.2) is 18.2 Å². The number of likely N-dealkylation sites (tertiary alicyclic amines) is 1. The molecule has 1 N–H and O–H groups in total. The van der Waals surface area contributed by atoms with Crippen LogP contribution in [0.25, 0.3) is 0 Å². The highest BCUT2D eigenvalue weighted by molar-refractivity contribution is 6.31. The van der Waals surface area contributed by atoms with E-state index in [-0.39, 0.29) is 28.6 Å². The van der Waals surface area contributed by atoms with Crippen molar-refractivity contribution in [3.63, 3.8) is 0 Å². The first-order chi connectivity index (χ1) is 15.6. The predicted octanol–water partition coefficient (Wildman–Crippen LogP) is 5.42. The molecule has 1 unspecified atom stereocenters. The fraction of sp³-hybridized carbons (Fsp3) is 0.731. The largest absolute Gasteiger partial charge is 0.376 e. The van der Waals surface area contributed by atoms with Crippen molar-refractivity contribution < 1.29 is 18.3 Å². The van der Waals surface area contributed by atoms with Crippen molar-refractivity contribution in [2.24, 2.45) is 5.92 Å². The summed E-state index contributed by atoms with van der Waals surface area (Å²) in [5.74, 6) is -0.177. The van der Waals surface area contributed by atoms with Crippen LogP contribution in [-0.2, 0) is 14.9 Å². The van der Waals surface area contributed by atoms with Crippen LogP contribution in [0, 0.1) is 11.7 Å². The molecule has 0 aromatic heterocycles. The maximum Gasteiger partial charge on any atom is 0.230 e. The number of carbonyl (C=O) groups is 1. The molecule has 7 heteroatoms. The molecule has 1 saturated carbocycles. The Labute approximate surface area is 201 Å². The minimum Gasteiger partial charge on any atom is -0.376 e. The Hall–Kier alpha value is -1.24. The Balaban J connectivity index is 1.34. The fourth-order valence-corrected chi connectivity index (χ4v) is 6.47. The van der Waals surface area contributed by atoms with Crippen molar-refractivity contribution in [1.29, 1.82) is 0 Å². The normalized spacial score (nSPS) is 26.8. The van der Waals surface area contributed by atoms with Crippen molar-refractivity contribution in [3.8, 4) is 0 Å². The molecule has 3 fully saturated rings. The first-order valence-corrected chi connectivity index (χ1v) is 12.8. The molecule has 4 nitrogen and oxygen atoms in total. The standard InChI is InChI=1S/C26H37ClF2N2O2/c1-24(2)16-19(8-15-33-24)17-31-13-11-25(29,12-14-31)18-30-23(32)26(9-3-4-10-26)22-20(27)6-5-7-21(22)28/h5-7,19H,3-4,8-18H2,1-2H3,(H,30,32).